The van der Waals surface area contributed by atoms with Crippen LogP contribution < -0.4 is 5.32 Å². The van der Waals surface area contributed by atoms with E-state index >= 15 is 0 Å². The lowest BCUT2D eigenvalue weighted by Crippen LogP contribution is -2.04. The lowest BCUT2D eigenvalue weighted by Gasteiger charge is -2.09. The molecule has 1 heterocycles. The largest absolute Gasteiger partial charge is 0.476 e. The number of para-hydroxylation sites is 1. The number of aromatic nitrogens is 1. The second-order valence-electron chi connectivity index (χ2n) is 3.55. The Balaban J connectivity index is 2.39. The van der Waals surface area contributed by atoms with E-state index in [-0.39, 0.29) is 27.2 Å². The van der Waals surface area contributed by atoms with E-state index in [0.717, 1.165) is 0 Å². The summed E-state index contributed by atoms with van der Waals surface area (Å²) in [5.74, 6) is -1.71. The van der Waals surface area contributed by atoms with E-state index in [2.05, 4.69) is 10.3 Å². The SMILES string of the molecule is O=C(O)c1nc(Nc2c(F)cccc2Cl)ccc1Cl. The quantitative estimate of drug-likeness (QED) is 0.900. The van der Waals surface area contributed by atoms with Crippen LogP contribution in [-0.4, -0.2) is 16.1 Å². The van der Waals surface area contributed by atoms with Crippen LogP contribution in [0.2, 0.25) is 10.0 Å². The van der Waals surface area contributed by atoms with E-state index < -0.39 is 11.8 Å². The summed E-state index contributed by atoms with van der Waals surface area (Å²) < 4.78 is 13.6. The highest BCUT2D eigenvalue weighted by atomic mass is 35.5. The topological polar surface area (TPSA) is 62.2 Å². The smallest absolute Gasteiger partial charge is 0.356 e. The van der Waals surface area contributed by atoms with Gasteiger partial charge in [-0.3, -0.25) is 0 Å². The molecule has 7 heteroatoms. The zero-order valence-corrected chi connectivity index (χ0v) is 10.8. The first-order valence-corrected chi connectivity index (χ1v) is 5.85. The van der Waals surface area contributed by atoms with Gasteiger partial charge in [0.15, 0.2) is 5.69 Å². The van der Waals surface area contributed by atoms with Crippen molar-refractivity contribution < 1.29 is 14.3 Å². The second-order valence-corrected chi connectivity index (χ2v) is 4.37. The van der Waals surface area contributed by atoms with Gasteiger partial charge in [-0.25, -0.2) is 14.2 Å². The monoisotopic (exact) mass is 300 g/mol. The maximum Gasteiger partial charge on any atom is 0.356 e. The molecular weight excluding hydrogens is 294 g/mol. The first-order chi connectivity index (χ1) is 8.99. The summed E-state index contributed by atoms with van der Waals surface area (Å²) in [6.07, 6.45) is 0. The number of halogens is 3. The highest BCUT2D eigenvalue weighted by Crippen LogP contribution is 2.28. The Morgan fingerprint density at radius 1 is 1.21 bits per heavy atom. The zero-order chi connectivity index (χ0) is 14.0. The van der Waals surface area contributed by atoms with E-state index in [1.165, 1.54) is 30.3 Å². The average molecular weight is 301 g/mol. The predicted octanol–water partition coefficient (Wildman–Crippen LogP) is 3.97. The molecule has 0 unspecified atom stereocenters. The molecule has 0 aliphatic rings. The van der Waals surface area contributed by atoms with Crippen LogP contribution in [0.3, 0.4) is 0 Å². The number of rotatable bonds is 3. The summed E-state index contributed by atoms with van der Waals surface area (Å²) in [4.78, 5) is 14.7. The molecule has 0 bridgehead atoms. The van der Waals surface area contributed by atoms with Gasteiger partial charge >= 0.3 is 5.97 Å². The zero-order valence-electron chi connectivity index (χ0n) is 9.32. The van der Waals surface area contributed by atoms with Crippen molar-refractivity contribution in [2.75, 3.05) is 5.32 Å². The predicted molar refractivity (Wildman–Crippen MR) is 70.9 cm³/mol. The number of aromatic carboxylic acids is 1. The van der Waals surface area contributed by atoms with Crippen molar-refractivity contribution in [3.63, 3.8) is 0 Å². The molecule has 98 valence electrons. The summed E-state index contributed by atoms with van der Waals surface area (Å²) >= 11 is 11.5. The first kappa shape index (κ1) is 13.6. The fourth-order valence-electron chi connectivity index (χ4n) is 1.41. The third-order valence-electron chi connectivity index (χ3n) is 2.26. The molecule has 0 aliphatic heterocycles. The van der Waals surface area contributed by atoms with Crippen LogP contribution in [0.15, 0.2) is 30.3 Å². The number of nitrogens with zero attached hydrogens (tertiary/aromatic N) is 1. The van der Waals surface area contributed by atoms with Gasteiger partial charge in [-0.1, -0.05) is 29.3 Å². The molecule has 4 nitrogen and oxygen atoms in total. The van der Waals surface area contributed by atoms with Gasteiger partial charge in [0.2, 0.25) is 0 Å². The molecule has 19 heavy (non-hydrogen) atoms. The van der Waals surface area contributed by atoms with Gasteiger partial charge in [-0.15, -0.1) is 0 Å². The summed E-state index contributed by atoms with van der Waals surface area (Å²) in [6.45, 7) is 0. The average Bonchev–Trinajstić information content (AvgIpc) is 2.35. The Morgan fingerprint density at radius 2 is 1.95 bits per heavy atom. The van der Waals surface area contributed by atoms with Gasteiger partial charge in [0, 0.05) is 0 Å². The highest BCUT2D eigenvalue weighted by Gasteiger charge is 2.13. The fourth-order valence-corrected chi connectivity index (χ4v) is 1.80. The number of carboxylic acid groups (broad SMARTS) is 1. The molecule has 0 amide bonds. The number of hydrogen-bond acceptors (Lipinski definition) is 3. The number of carbonyl (C=O) groups is 1. The molecule has 0 atom stereocenters. The van der Waals surface area contributed by atoms with Crippen molar-refractivity contribution in [2.45, 2.75) is 0 Å². The van der Waals surface area contributed by atoms with Crippen LogP contribution in [0.25, 0.3) is 0 Å². The van der Waals surface area contributed by atoms with Crippen LogP contribution in [0.1, 0.15) is 10.5 Å². The summed E-state index contributed by atoms with van der Waals surface area (Å²) in [7, 11) is 0. The minimum Gasteiger partial charge on any atom is -0.476 e. The minimum atomic E-state index is -1.27. The maximum absolute atomic E-state index is 13.6. The maximum atomic E-state index is 13.6. The van der Waals surface area contributed by atoms with Gasteiger partial charge < -0.3 is 10.4 Å². The van der Waals surface area contributed by atoms with Gasteiger partial charge in [-0.05, 0) is 24.3 Å². The summed E-state index contributed by atoms with van der Waals surface area (Å²) in [6, 6.07) is 6.97. The Kier molecular flexibility index (Phi) is 3.87. The van der Waals surface area contributed by atoms with Crippen LogP contribution in [0, 0.1) is 5.82 Å². The Hall–Kier alpha value is -1.85. The lowest BCUT2D eigenvalue weighted by molar-refractivity contribution is 0.0691. The fraction of sp³-hybridized carbons (Fsp3) is 0. The molecule has 2 rings (SSSR count). The van der Waals surface area contributed by atoms with Crippen molar-refractivity contribution in [2.24, 2.45) is 0 Å². The molecule has 1 aromatic carbocycles. The number of anilines is 2. The van der Waals surface area contributed by atoms with E-state index in [9.17, 15) is 9.18 Å². The van der Waals surface area contributed by atoms with E-state index in [4.69, 9.17) is 28.3 Å². The van der Waals surface area contributed by atoms with Crippen LogP contribution in [0.5, 0.6) is 0 Å². The van der Waals surface area contributed by atoms with Crippen molar-refractivity contribution in [3.8, 4) is 0 Å². The van der Waals surface area contributed by atoms with E-state index in [0.29, 0.717) is 0 Å². The molecule has 0 spiro atoms. The van der Waals surface area contributed by atoms with Gasteiger partial charge in [0.25, 0.3) is 0 Å². The minimum absolute atomic E-state index is 0.00215. The molecule has 0 fully saturated rings. The molecular formula is C12H7Cl2FN2O2. The molecule has 0 radical (unpaired) electrons. The van der Waals surface area contributed by atoms with Crippen molar-refractivity contribution in [1.82, 2.24) is 4.98 Å². The van der Waals surface area contributed by atoms with E-state index in [1.54, 1.807) is 0 Å². The molecule has 2 aromatic rings. The standard InChI is InChI=1S/C12H7Cl2FN2O2/c13-6-2-1-3-8(15)10(6)16-9-5-4-7(14)11(17-9)12(18)19/h1-5H,(H,16,17)(H,18,19). The summed E-state index contributed by atoms with van der Waals surface area (Å²) in [5.41, 5.74) is -0.297. The highest BCUT2D eigenvalue weighted by molar-refractivity contribution is 6.33. The van der Waals surface area contributed by atoms with Crippen LogP contribution in [0.4, 0.5) is 15.9 Å². The Bertz CT molecular complexity index is 629. The second kappa shape index (κ2) is 5.42. The third kappa shape index (κ3) is 2.94. The van der Waals surface area contributed by atoms with Gasteiger partial charge in [0.1, 0.15) is 11.6 Å². The lowest BCUT2D eigenvalue weighted by atomic mass is 10.3. The molecule has 0 saturated heterocycles. The molecule has 0 saturated carbocycles. The van der Waals surface area contributed by atoms with Crippen molar-refractivity contribution in [3.05, 3.63) is 51.9 Å². The number of carboxylic acids is 1. The molecule has 1 aromatic heterocycles. The number of hydrogen-bond donors (Lipinski definition) is 2. The first-order valence-electron chi connectivity index (χ1n) is 5.10. The number of nitrogens with one attached hydrogen (secondary N) is 1. The van der Waals surface area contributed by atoms with Crippen LogP contribution >= 0.6 is 23.2 Å². The van der Waals surface area contributed by atoms with Crippen molar-refractivity contribution >= 4 is 40.7 Å². The van der Waals surface area contributed by atoms with Crippen molar-refractivity contribution in [1.29, 1.82) is 0 Å². The summed E-state index contributed by atoms with van der Waals surface area (Å²) in [5, 5.41) is 11.7. The third-order valence-corrected chi connectivity index (χ3v) is 2.88. The molecule has 2 N–H and O–H groups in total. The Morgan fingerprint density at radius 3 is 2.58 bits per heavy atom. The van der Waals surface area contributed by atoms with Gasteiger partial charge in [-0.2, -0.15) is 0 Å². The number of benzene rings is 1. The van der Waals surface area contributed by atoms with E-state index in [1.807, 2.05) is 0 Å². The molecule has 0 aliphatic carbocycles. The van der Waals surface area contributed by atoms with Gasteiger partial charge in [0.05, 0.1) is 15.7 Å². The van der Waals surface area contributed by atoms with Crippen LogP contribution in [-0.2, 0) is 0 Å². The number of pyridine rings is 1. The normalized spacial score (nSPS) is 10.3. The Labute approximate surface area is 117 Å².